The molecule has 4 N–H and O–H groups in total. The number of amides is 3. The number of fused-ring (bicyclic) bond motifs is 1. The number of nitrogens with one attached hydrogen (secondary N) is 2. The normalized spacial score (nSPS) is 15.8. The highest BCUT2D eigenvalue weighted by atomic mass is 16.5. The molecule has 0 saturated carbocycles. The number of aliphatic imine (C=N–C) groups is 1. The van der Waals surface area contributed by atoms with Crippen LogP contribution in [0.2, 0.25) is 0 Å². The van der Waals surface area contributed by atoms with Crippen molar-refractivity contribution in [3.63, 3.8) is 0 Å². The van der Waals surface area contributed by atoms with Crippen molar-refractivity contribution in [3.05, 3.63) is 59.7 Å². The van der Waals surface area contributed by atoms with Gasteiger partial charge in [-0.15, -0.1) is 0 Å². The van der Waals surface area contributed by atoms with Gasteiger partial charge in [0.1, 0.15) is 18.9 Å². The van der Waals surface area contributed by atoms with Crippen molar-refractivity contribution in [1.82, 2.24) is 20.4 Å². The fraction of sp³-hybridized carbons (Fsp3) is 0.448. The molecule has 0 bridgehead atoms. The standard InChI is InChI=1S/C29H38N6O5/c1-2-31-29(38)33-28-32-24-17-23(39-16-13-25(27(30)37)34-14-7-4-8-15-34)12-11-22(24)18-35(28)19-26(36)40-20-21-9-5-3-6-10-21/h3,5-6,9-12,17,25H,2,4,7-8,13-16,18-20H2,1H3,(H2,30,37)(H2,31,32,33,38). The Labute approximate surface area is 234 Å². The van der Waals surface area contributed by atoms with Crippen molar-refractivity contribution in [2.75, 3.05) is 32.8 Å². The highest BCUT2D eigenvalue weighted by Gasteiger charge is 2.26. The highest BCUT2D eigenvalue weighted by molar-refractivity contribution is 5.99. The molecule has 1 saturated heterocycles. The van der Waals surface area contributed by atoms with Crippen molar-refractivity contribution in [2.24, 2.45) is 10.7 Å². The van der Waals surface area contributed by atoms with Gasteiger partial charge in [-0.1, -0.05) is 42.8 Å². The number of likely N-dealkylation sites (tertiary alicyclic amines) is 1. The average molecular weight is 551 g/mol. The van der Waals surface area contributed by atoms with Gasteiger partial charge >= 0.3 is 12.0 Å². The number of esters is 1. The first-order valence-electron chi connectivity index (χ1n) is 13.8. The van der Waals surface area contributed by atoms with E-state index in [-0.39, 0.29) is 31.1 Å². The zero-order valence-electron chi connectivity index (χ0n) is 22.9. The lowest BCUT2D eigenvalue weighted by Gasteiger charge is -2.32. The van der Waals surface area contributed by atoms with Crippen molar-refractivity contribution in [3.8, 4) is 5.75 Å². The minimum Gasteiger partial charge on any atom is -0.493 e. The predicted molar refractivity (Wildman–Crippen MR) is 151 cm³/mol. The number of nitrogens with zero attached hydrogens (tertiary/aromatic N) is 3. The third-order valence-corrected chi connectivity index (χ3v) is 6.89. The van der Waals surface area contributed by atoms with E-state index in [0.29, 0.717) is 37.6 Å². The largest absolute Gasteiger partial charge is 0.493 e. The second-order valence-corrected chi connectivity index (χ2v) is 9.86. The van der Waals surface area contributed by atoms with Gasteiger partial charge in [0, 0.05) is 25.6 Å². The highest BCUT2D eigenvalue weighted by Crippen LogP contribution is 2.30. The Bertz CT molecular complexity index is 1200. The first-order valence-corrected chi connectivity index (χ1v) is 13.8. The van der Waals surface area contributed by atoms with E-state index >= 15 is 0 Å². The Kier molecular flexibility index (Phi) is 10.3. The van der Waals surface area contributed by atoms with Crippen LogP contribution in [-0.4, -0.2) is 72.5 Å². The molecule has 0 spiro atoms. The van der Waals surface area contributed by atoms with Crippen LogP contribution in [0.3, 0.4) is 0 Å². The molecule has 1 unspecified atom stereocenters. The molecular formula is C29H38N6O5. The van der Waals surface area contributed by atoms with Crippen LogP contribution in [0, 0.1) is 0 Å². The molecule has 11 heteroatoms. The number of benzene rings is 2. The molecule has 2 aromatic rings. The van der Waals surface area contributed by atoms with Crippen molar-refractivity contribution < 1.29 is 23.9 Å². The van der Waals surface area contributed by atoms with E-state index in [1.54, 1.807) is 11.0 Å². The molecule has 2 aromatic carbocycles. The topological polar surface area (TPSA) is 139 Å². The molecule has 1 fully saturated rings. The lowest BCUT2D eigenvalue weighted by Crippen LogP contribution is -2.50. The van der Waals surface area contributed by atoms with E-state index in [0.717, 1.165) is 37.1 Å². The number of carbonyl (C=O) groups excluding carboxylic acids is 3. The van der Waals surface area contributed by atoms with Crippen LogP contribution in [0.1, 0.15) is 43.7 Å². The summed E-state index contributed by atoms with van der Waals surface area (Å²) in [5.74, 6) is 0.0722. The molecule has 214 valence electrons. The Morgan fingerprint density at radius 2 is 1.85 bits per heavy atom. The molecule has 11 nitrogen and oxygen atoms in total. The van der Waals surface area contributed by atoms with Gasteiger partial charge in [-0.3, -0.25) is 19.8 Å². The van der Waals surface area contributed by atoms with E-state index in [4.69, 9.17) is 15.2 Å². The van der Waals surface area contributed by atoms with Gasteiger partial charge in [0.05, 0.1) is 18.3 Å². The van der Waals surface area contributed by atoms with Gasteiger partial charge < -0.3 is 25.4 Å². The molecule has 0 aromatic heterocycles. The summed E-state index contributed by atoms with van der Waals surface area (Å²) < 4.78 is 11.4. The van der Waals surface area contributed by atoms with Gasteiger partial charge in [-0.05, 0) is 50.0 Å². The average Bonchev–Trinajstić information content (AvgIpc) is 2.95. The van der Waals surface area contributed by atoms with Crippen LogP contribution in [0.4, 0.5) is 10.5 Å². The monoisotopic (exact) mass is 550 g/mol. The minimum absolute atomic E-state index is 0.0826. The van der Waals surface area contributed by atoms with Crippen molar-refractivity contribution >= 4 is 29.6 Å². The number of urea groups is 1. The van der Waals surface area contributed by atoms with E-state index in [2.05, 4.69) is 20.5 Å². The molecule has 3 amide bonds. The van der Waals surface area contributed by atoms with Gasteiger partial charge in [0.2, 0.25) is 11.9 Å². The first-order chi connectivity index (χ1) is 19.4. The maximum absolute atomic E-state index is 12.6. The maximum atomic E-state index is 12.6. The summed E-state index contributed by atoms with van der Waals surface area (Å²) in [4.78, 5) is 45.4. The van der Waals surface area contributed by atoms with Crippen LogP contribution in [0.25, 0.3) is 0 Å². The van der Waals surface area contributed by atoms with E-state index in [1.165, 1.54) is 6.42 Å². The van der Waals surface area contributed by atoms with Gasteiger partial charge in [-0.25, -0.2) is 9.79 Å². The van der Waals surface area contributed by atoms with Crippen LogP contribution in [-0.2, 0) is 27.5 Å². The number of piperidine rings is 1. The van der Waals surface area contributed by atoms with Crippen LogP contribution in [0.5, 0.6) is 5.75 Å². The summed E-state index contributed by atoms with van der Waals surface area (Å²) in [6, 6.07) is 14.2. The molecule has 2 heterocycles. The second-order valence-electron chi connectivity index (χ2n) is 9.86. The van der Waals surface area contributed by atoms with E-state index in [1.807, 2.05) is 49.4 Å². The predicted octanol–water partition coefficient (Wildman–Crippen LogP) is 2.66. The van der Waals surface area contributed by atoms with Crippen molar-refractivity contribution in [1.29, 1.82) is 0 Å². The molecule has 0 aliphatic carbocycles. The number of hydrogen-bond acceptors (Lipinski definition) is 8. The molecule has 0 radical (unpaired) electrons. The second kappa shape index (κ2) is 14.3. The molecule has 4 rings (SSSR count). The number of rotatable bonds is 11. The molecule has 1 atom stereocenters. The van der Waals surface area contributed by atoms with Crippen LogP contribution in [0.15, 0.2) is 53.5 Å². The molecule has 2 aliphatic heterocycles. The number of carbonyl (C=O) groups is 3. The smallest absolute Gasteiger partial charge is 0.325 e. The van der Waals surface area contributed by atoms with Crippen LogP contribution < -0.4 is 21.1 Å². The number of nitrogens with two attached hydrogens (primary N) is 1. The summed E-state index contributed by atoms with van der Waals surface area (Å²) in [7, 11) is 0. The molecular weight excluding hydrogens is 512 g/mol. The first kappa shape index (κ1) is 28.9. The van der Waals surface area contributed by atoms with E-state index in [9.17, 15) is 14.4 Å². The Hall–Kier alpha value is -4.12. The fourth-order valence-corrected chi connectivity index (χ4v) is 4.84. The fourth-order valence-electron chi connectivity index (χ4n) is 4.84. The third-order valence-electron chi connectivity index (χ3n) is 6.89. The summed E-state index contributed by atoms with van der Waals surface area (Å²) in [5.41, 5.74) is 8.06. The van der Waals surface area contributed by atoms with Gasteiger partial charge in [-0.2, -0.15) is 0 Å². The molecule has 2 aliphatic rings. The summed E-state index contributed by atoms with van der Waals surface area (Å²) in [6.07, 6.45) is 3.82. The number of ether oxygens (including phenoxy) is 2. The van der Waals surface area contributed by atoms with Gasteiger partial charge in [0.25, 0.3) is 0 Å². The lowest BCUT2D eigenvalue weighted by molar-refractivity contribution is -0.145. The quantitative estimate of drug-likeness (QED) is 0.366. The van der Waals surface area contributed by atoms with Gasteiger partial charge in [0.15, 0.2) is 0 Å². The zero-order chi connectivity index (χ0) is 28.3. The van der Waals surface area contributed by atoms with Crippen molar-refractivity contribution in [2.45, 2.75) is 51.8 Å². The lowest BCUT2D eigenvalue weighted by atomic mass is 10.1. The Balaban J connectivity index is 1.40. The summed E-state index contributed by atoms with van der Waals surface area (Å²) in [6.45, 7) is 4.76. The zero-order valence-corrected chi connectivity index (χ0v) is 22.9. The van der Waals surface area contributed by atoms with Crippen LogP contribution >= 0.6 is 0 Å². The molecule has 40 heavy (non-hydrogen) atoms. The number of hydrogen-bond donors (Lipinski definition) is 3. The third kappa shape index (κ3) is 8.19. The summed E-state index contributed by atoms with van der Waals surface area (Å²) >= 11 is 0. The SMILES string of the molecule is CCNC(=O)NC1=Nc2cc(OCCC(C(N)=O)N3CCCCC3)ccc2CN1CC(=O)OCc1ccccc1. The number of guanidine groups is 1. The van der Waals surface area contributed by atoms with E-state index < -0.39 is 12.0 Å². The number of primary amides is 1. The Morgan fingerprint density at radius 1 is 1.07 bits per heavy atom. The Morgan fingerprint density at radius 3 is 2.58 bits per heavy atom. The maximum Gasteiger partial charge on any atom is 0.325 e. The minimum atomic E-state index is -0.435. The summed E-state index contributed by atoms with van der Waals surface area (Å²) in [5, 5.41) is 5.42.